The molecule has 0 aliphatic rings. The Kier molecular flexibility index (Phi) is 8.18. The number of anilines is 1. The number of benzene rings is 2. The molecular formula is C20H27N3O6S2. The van der Waals surface area contributed by atoms with Gasteiger partial charge in [0, 0.05) is 18.5 Å². The van der Waals surface area contributed by atoms with Gasteiger partial charge >= 0.3 is 0 Å². The van der Waals surface area contributed by atoms with Crippen LogP contribution in [0.25, 0.3) is 0 Å². The number of carbonyl (C=O) groups excluding carboxylic acids is 1. The van der Waals surface area contributed by atoms with E-state index in [1.54, 1.807) is 32.2 Å². The van der Waals surface area contributed by atoms with E-state index >= 15 is 0 Å². The smallest absolute Gasteiger partial charge is 0.241 e. The normalized spacial score (nSPS) is 13.1. The van der Waals surface area contributed by atoms with Crippen LogP contribution in [0.3, 0.4) is 0 Å². The van der Waals surface area contributed by atoms with Crippen LogP contribution < -0.4 is 15.2 Å². The number of amides is 1. The van der Waals surface area contributed by atoms with E-state index in [9.17, 15) is 21.6 Å². The van der Waals surface area contributed by atoms with Crippen LogP contribution in [-0.4, -0.2) is 60.1 Å². The number of nitrogens with two attached hydrogens (primary N) is 1. The fraction of sp³-hybridized carbons (Fsp3) is 0.350. The highest BCUT2D eigenvalue weighted by atomic mass is 32.2. The quantitative estimate of drug-likeness (QED) is 0.503. The summed E-state index contributed by atoms with van der Waals surface area (Å²) in [6.07, 6.45) is 1.75. The van der Waals surface area contributed by atoms with Crippen LogP contribution >= 0.6 is 0 Å². The van der Waals surface area contributed by atoms with E-state index in [1.807, 2.05) is 4.90 Å². The molecule has 3 N–H and O–H groups in total. The Bertz CT molecular complexity index is 1130. The molecule has 0 aliphatic carbocycles. The first-order valence-electron chi connectivity index (χ1n) is 9.45. The number of carbonyl (C=O) groups is 1. The summed E-state index contributed by atoms with van der Waals surface area (Å²) in [5.74, 6) is 0.168. The van der Waals surface area contributed by atoms with E-state index in [1.165, 1.54) is 30.3 Å². The summed E-state index contributed by atoms with van der Waals surface area (Å²) < 4.78 is 51.7. The zero-order valence-corrected chi connectivity index (χ0v) is 19.2. The van der Waals surface area contributed by atoms with Crippen molar-refractivity contribution in [3.05, 3.63) is 48.5 Å². The molecule has 11 heteroatoms. The topological polar surface area (TPSA) is 136 Å². The molecule has 0 aliphatic heterocycles. The molecule has 1 amide bonds. The number of nitrogens with zero attached hydrogens (tertiary/aromatic N) is 1. The molecule has 2 aromatic rings. The average molecular weight is 470 g/mol. The van der Waals surface area contributed by atoms with Gasteiger partial charge in [-0.2, -0.15) is 0 Å². The van der Waals surface area contributed by atoms with Crippen molar-refractivity contribution in [2.45, 2.75) is 29.2 Å². The summed E-state index contributed by atoms with van der Waals surface area (Å²) in [6.45, 7) is 2.63. The Morgan fingerprint density at radius 1 is 1.10 bits per heavy atom. The molecule has 0 fully saturated rings. The number of sulfone groups is 1. The lowest BCUT2D eigenvalue weighted by atomic mass is 10.2. The lowest BCUT2D eigenvalue weighted by Crippen LogP contribution is -2.40. The summed E-state index contributed by atoms with van der Waals surface area (Å²) >= 11 is 0. The number of likely N-dealkylation sites (N-methyl/N-ethyl adjacent to an activating group) is 1. The molecule has 0 saturated heterocycles. The summed E-state index contributed by atoms with van der Waals surface area (Å²) in [5, 5.41) is 7.80. The molecule has 0 heterocycles. The van der Waals surface area contributed by atoms with Gasteiger partial charge in [-0.15, -0.1) is 0 Å². The molecule has 0 saturated carbocycles. The standard InChI is InChI=1S/C20H27N3O6S2/c1-15(20(24)22-16-7-4-10-19(13-16)31(21,27)28)23(2)11-6-12-29-17-8-5-9-18(14-17)30(3,25)26/h4-5,7-10,13-15H,6,11-12H2,1-3H3,(H,22,24)(H2,21,27,28). The fourth-order valence-corrected chi connectivity index (χ4v) is 3.91. The van der Waals surface area contributed by atoms with E-state index in [4.69, 9.17) is 9.88 Å². The maximum Gasteiger partial charge on any atom is 0.241 e. The van der Waals surface area contributed by atoms with Gasteiger partial charge in [0.1, 0.15) is 5.75 Å². The van der Waals surface area contributed by atoms with E-state index in [2.05, 4.69) is 5.32 Å². The maximum atomic E-state index is 12.5. The zero-order chi connectivity index (χ0) is 23.2. The van der Waals surface area contributed by atoms with Gasteiger partial charge in [0.25, 0.3) is 0 Å². The predicted octanol–water partition coefficient (Wildman–Crippen LogP) is 1.47. The third-order valence-corrected chi connectivity index (χ3v) is 6.65. The average Bonchev–Trinajstić information content (AvgIpc) is 2.69. The van der Waals surface area contributed by atoms with Gasteiger partial charge in [0.2, 0.25) is 15.9 Å². The predicted molar refractivity (Wildman–Crippen MR) is 118 cm³/mol. The highest BCUT2D eigenvalue weighted by Crippen LogP contribution is 2.18. The number of primary sulfonamides is 1. The van der Waals surface area contributed by atoms with Crippen molar-refractivity contribution < 1.29 is 26.4 Å². The van der Waals surface area contributed by atoms with Crippen LogP contribution in [0.2, 0.25) is 0 Å². The third kappa shape index (κ3) is 7.62. The SMILES string of the molecule is CC(C(=O)Nc1cccc(S(N)(=O)=O)c1)N(C)CCCOc1cccc(S(C)(=O)=O)c1. The van der Waals surface area contributed by atoms with Crippen molar-refractivity contribution in [1.82, 2.24) is 4.90 Å². The van der Waals surface area contributed by atoms with Crippen molar-refractivity contribution in [1.29, 1.82) is 0 Å². The molecule has 170 valence electrons. The van der Waals surface area contributed by atoms with Gasteiger partial charge in [0.15, 0.2) is 9.84 Å². The summed E-state index contributed by atoms with van der Waals surface area (Å²) in [5.41, 5.74) is 0.339. The second-order valence-electron chi connectivity index (χ2n) is 7.17. The molecule has 0 bridgehead atoms. The molecule has 1 unspecified atom stereocenters. The van der Waals surface area contributed by atoms with Gasteiger partial charge in [0.05, 0.1) is 22.4 Å². The number of nitrogens with one attached hydrogen (secondary N) is 1. The Labute approximate surface area is 183 Å². The lowest BCUT2D eigenvalue weighted by molar-refractivity contribution is -0.120. The Balaban J connectivity index is 1.84. The molecular weight excluding hydrogens is 442 g/mol. The van der Waals surface area contributed by atoms with Gasteiger partial charge < -0.3 is 10.1 Å². The Morgan fingerprint density at radius 2 is 1.74 bits per heavy atom. The molecule has 0 radical (unpaired) electrons. The minimum atomic E-state index is -3.86. The molecule has 9 nitrogen and oxygen atoms in total. The largest absolute Gasteiger partial charge is 0.494 e. The van der Waals surface area contributed by atoms with Gasteiger partial charge in [-0.1, -0.05) is 12.1 Å². The van der Waals surface area contributed by atoms with Gasteiger partial charge in [-0.3, -0.25) is 9.69 Å². The zero-order valence-electron chi connectivity index (χ0n) is 17.6. The van der Waals surface area contributed by atoms with Crippen molar-refractivity contribution in [2.75, 3.05) is 31.8 Å². The van der Waals surface area contributed by atoms with Crippen LogP contribution in [0, 0.1) is 0 Å². The van der Waals surface area contributed by atoms with Crippen LogP contribution in [0.5, 0.6) is 5.75 Å². The minimum absolute atomic E-state index is 0.0802. The number of ether oxygens (including phenoxy) is 1. The molecule has 31 heavy (non-hydrogen) atoms. The Hall–Kier alpha value is -2.47. The van der Waals surface area contributed by atoms with Gasteiger partial charge in [-0.25, -0.2) is 22.0 Å². The number of hydrogen-bond donors (Lipinski definition) is 2. The van der Waals surface area contributed by atoms with Crippen LogP contribution in [0.4, 0.5) is 5.69 Å². The highest BCUT2D eigenvalue weighted by Gasteiger charge is 2.18. The molecule has 1 atom stereocenters. The van der Waals surface area contributed by atoms with Crippen molar-refractivity contribution >= 4 is 31.5 Å². The first-order valence-corrected chi connectivity index (χ1v) is 12.9. The second kappa shape index (κ2) is 10.2. The molecule has 0 spiro atoms. The van der Waals surface area contributed by atoms with E-state index in [0.717, 1.165) is 6.26 Å². The lowest BCUT2D eigenvalue weighted by Gasteiger charge is -2.24. The number of sulfonamides is 1. The van der Waals surface area contributed by atoms with Gasteiger partial charge in [-0.05, 0) is 56.8 Å². The van der Waals surface area contributed by atoms with E-state index in [0.29, 0.717) is 31.0 Å². The first-order chi connectivity index (χ1) is 14.4. The van der Waals surface area contributed by atoms with Crippen molar-refractivity contribution in [3.8, 4) is 5.75 Å². The monoisotopic (exact) mass is 469 g/mol. The first kappa shape index (κ1) is 24.8. The molecule has 0 aromatic heterocycles. The van der Waals surface area contributed by atoms with Crippen LogP contribution in [0.1, 0.15) is 13.3 Å². The highest BCUT2D eigenvalue weighted by molar-refractivity contribution is 7.90. The summed E-state index contributed by atoms with van der Waals surface area (Å²) in [7, 11) is -5.37. The van der Waals surface area contributed by atoms with Crippen LogP contribution in [0.15, 0.2) is 58.3 Å². The fourth-order valence-electron chi connectivity index (χ4n) is 2.69. The van der Waals surface area contributed by atoms with E-state index in [-0.39, 0.29) is 15.7 Å². The number of rotatable bonds is 10. The Morgan fingerprint density at radius 3 is 2.39 bits per heavy atom. The van der Waals surface area contributed by atoms with Crippen LogP contribution in [-0.2, 0) is 24.7 Å². The number of hydrogen-bond acceptors (Lipinski definition) is 7. The summed E-state index contributed by atoms with van der Waals surface area (Å²) in [6, 6.07) is 11.5. The third-order valence-electron chi connectivity index (χ3n) is 4.63. The molecule has 2 aromatic carbocycles. The van der Waals surface area contributed by atoms with E-state index < -0.39 is 25.9 Å². The maximum absolute atomic E-state index is 12.5. The van der Waals surface area contributed by atoms with Crippen molar-refractivity contribution in [2.24, 2.45) is 5.14 Å². The van der Waals surface area contributed by atoms with Crippen molar-refractivity contribution in [3.63, 3.8) is 0 Å². The molecule has 2 rings (SSSR count). The second-order valence-corrected chi connectivity index (χ2v) is 10.7. The summed E-state index contributed by atoms with van der Waals surface area (Å²) in [4.78, 5) is 14.4. The minimum Gasteiger partial charge on any atom is -0.494 e.